The van der Waals surface area contributed by atoms with Crippen molar-refractivity contribution in [1.82, 2.24) is 10.6 Å². The van der Waals surface area contributed by atoms with Crippen LogP contribution in [0.25, 0.3) is 0 Å². The van der Waals surface area contributed by atoms with Gasteiger partial charge in [0.1, 0.15) is 0 Å². The Balaban J connectivity index is 1.98. The Labute approximate surface area is 149 Å². The lowest BCUT2D eigenvalue weighted by atomic mass is 10.1. The molecule has 0 saturated carbocycles. The Morgan fingerprint density at radius 2 is 2.20 bits per heavy atom. The van der Waals surface area contributed by atoms with E-state index in [4.69, 9.17) is 15.2 Å². The van der Waals surface area contributed by atoms with E-state index in [1.807, 2.05) is 18.2 Å². The van der Waals surface area contributed by atoms with E-state index in [9.17, 15) is 0 Å². The number of aliphatic imine (C=N–C) groups is 1. The Hall–Kier alpha value is -2.47. The van der Waals surface area contributed by atoms with Gasteiger partial charge in [-0.25, -0.2) is 4.99 Å². The molecule has 1 aliphatic rings. The first-order valence-electron chi connectivity index (χ1n) is 8.50. The second kappa shape index (κ2) is 9.13. The van der Waals surface area contributed by atoms with Crippen LogP contribution in [-0.2, 0) is 6.54 Å². The summed E-state index contributed by atoms with van der Waals surface area (Å²) in [6, 6.07) is 5.92. The first kappa shape index (κ1) is 18.9. The van der Waals surface area contributed by atoms with Crippen molar-refractivity contribution >= 4 is 5.90 Å². The van der Waals surface area contributed by atoms with Crippen LogP contribution in [0.3, 0.4) is 0 Å². The highest BCUT2D eigenvalue weighted by molar-refractivity contribution is 5.83. The molecule has 6 heteroatoms. The molecule has 25 heavy (non-hydrogen) atoms. The number of benzene rings is 1. The summed E-state index contributed by atoms with van der Waals surface area (Å²) in [5.41, 5.74) is 7.95. The molecule has 0 aliphatic carbocycles. The van der Waals surface area contributed by atoms with Gasteiger partial charge in [0.05, 0.1) is 25.6 Å². The first-order chi connectivity index (χ1) is 12.0. The number of nitrogens with two attached hydrogens (primary N) is 1. The fourth-order valence-corrected chi connectivity index (χ4v) is 2.31. The number of methoxy groups -OCH3 is 1. The quantitative estimate of drug-likeness (QED) is 0.632. The summed E-state index contributed by atoms with van der Waals surface area (Å²) in [4.78, 5) is 4.26. The molecule has 0 bridgehead atoms. The lowest BCUT2D eigenvalue weighted by Crippen LogP contribution is -2.31. The van der Waals surface area contributed by atoms with Gasteiger partial charge in [-0.1, -0.05) is 26.5 Å². The molecule has 0 fully saturated rings. The summed E-state index contributed by atoms with van der Waals surface area (Å²) in [5, 5.41) is 6.55. The van der Waals surface area contributed by atoms with E-state index in [-0.39, 0.29) is 0 Å². The minimum atomic E-state index is 0.448. The molecule has 0 amide bonds. The number of nitrogens with zero attached hydrogens (tertiary/aromatic N) is 1. The highest BCUT2D eigenvalue weighted by atomic mass is 16.5. The third-order valence-electron chi connectivity index (χ3n) is 3.80. The Kier molecular flexibility index (Phi) is 6.89. The highest BCUT2D eigenvalue weighted by Crippen LogP contribution is 2.28. The maximum absolute atomic E-state index is 5.84. The summed E-state index contributed by atoms with van der Waals surface area (Å²) in [5.74, 6) is 2.57. The molecule has 0 unspecified atom stereocenters. The summed E-state index contributed by atoms with van der Waals surface area (Å²) >= 11 is 0. The minimum absolute atomic E-state index is 0.448. The van der Waals surface area contributed by atoms with Crippen molar-refractivity contribution in [2.45, 2.75) is 26.8 Å². The number of nitrogens with one attached hydrogen (secondary N) is 2. The molecule has 2 rings (SSSR count). The monoisotopic (exact) mass is 344 g/mol. The molecular formula is C19H28N4O2. The van der Waals surface area contributed by atoms with E-state index in [2.05, 4.69) is 36.1 Å². The molecule has 0 spiro atoms. The molecule has 4 N–H and O–H groups in total. The van der Waals surface area contributed by atoms with Crippen molar-refractivity contribution < 1.29 is 9.47 Å². The van der Waals surface area contributed by atoms with Gasteiger partial charge in [-0.2, -0.15) is 0 Å². The van der Waals surface area contributed by atoms with Gasteiger partial charge >= 0.3 is 0 Å². The van der Waals surface area contributed by atoms with Gasteiger partial charge in [-0.3, -0.25) is 0 Å². The van der Waals surface area contributed by atoms with Crippen molar-refractivity contribution in [2.75, 3.05) is 20.2 Å². The molecule has 0 atom stereocenters. The van der Waals surface area contributed by atoms with Gasteiger partial charge in [0, 0.05) is 12.2 Å². The third-order valence-corrected chi connectivity index (χ3v) is 3.80. The Morgan fingerprint density at radius 1 is 1.40 bits per heavy atom. The standard InChI is InChI=1S/C19H28N4O2/c1-13(2)7-8-21-10-15-5-6-17(18(9-15)24-4)25-19-12-22-16(11-23-19)14(3)20/h5-6,9,11,13,21-22H,3,7-8,10,12,20H2,1-2,4H3. The van der Waals surface area contributed by atoms with Crippen molar-refractivity contribution in [1.29, 1.82) is 0 Å². The predicted molar refractivity (Wildman–Crippen MR) is 102 cm³/mol. The summed E-state index contributed by atoms with van der Waals surface area (Å²) in [6.07, 6.45) is 2.77. The molecule has 0 saturated heterocycles. The topological polar surface area (TPSA) is 80.9 Å². The normalized spacial score (nSPS) is 13.8. The van der Waals surface area contributed by atoms with Crippen molar-refractivity contribution in [3.63, 3.8) is 0 Å². The van der Waals surface area contributed by atoms with Crippen LogP contribution in [0.4, 0.5) is 0 Å². The average molecular weight is 344 g/mol. The smallest absolute Gasteiger partial charge is 0.214 e. The zero-order valence-electron chi connectivity index (χ0n) is 15.3. The van der Waals surface area contributed by atoms with Crippen LogP contribution in [-0.4, -0.2) is 26.1 Å². The number of ether oxygens (including phenoxy) is 2. The van der Waals surface area contributed by atoms with Crippen LogP contribution in [0, 0.1) is 5.92 Å². The first-order valence-corrected chi connectivity index (χ1v) is 8.50. The molecular weight excluding hydrogens is 316 g/mol. The van der Waals surface area contributed by atoms with Crippen LogP contribution in [0.1, 0.15) is 25.8 Å². The largest absolute Gasteiger partial charge is 0.493 e. The van der Waals surface area contributed by atoms with Crippen LogP contribution >= 0.6 is 0 Å². The van der Waals surface area contributed by atoms with Crippen molar-refractivity contribution in [3.8, 4) is 11.5 Å². The number of hydrogen-bond acceptors (Lipinski definition) is 6. The zero-order valence-corrected chi connectivity index (χ0v) is 15.3. The fraction of sp³-hybridized carbons (Fsp3) is 0.421. The van der Waals surface area contributed by atoms with E-state index < -0.39 is 0 Å². The van der Waals surface area contributed by atoms with E-state index in [1.54, 1.807) is 13.3 Å². The van der Waals surface area contributed by atoms with Crippen molar-refractivity contribution in [2.24, 2.45) is 16.6 Å². The fourth-order valence-electron chi connectivity index (χ4n) is 2.31. The highest BCUT2D eigenvalue weighted by Gasteiger charge is 2.13. The van der Waals surface area contributed by atoms with Crippen LogP contribution in [0.2, 0.25) is 0 Å². The van der Waals surface area contributed by atoms with Crippen LogP contribution < -0.4 is 25.8 Å². The van der Waals surface area contributed by atoms with Crippen LogP contribution in [0.15, 0.2) is 47.4 Å². The second-order valence-electron chi connectivity index (χ2n) is 6.39. The van der Waals surface area contributed by atoms with Gasteiger partial charge in [-0.15, -0.1) is 0 Å². The van der Waals surface area contributed by atoms with Crippen molar-refractivity contribution in [3.05, 3.63) is 47.9 Å². The molecule has 1 heterocycles. The third kappa shape index (κ3) is 5.83. The van der Waals surface area contributed by atoms with E-state index >= 15 is 0 Å². The molecule has 0 radical (unpaired) electrons. The maximum atomic E-state index is 5.84. The lowest BCUT2D eigenvalue weighted by Gasteiger charge is -2.18. The molecule has 136 valence electrons. The van der Waals surface area contributed by atoms with Gasteiger partial charge < -0.3 is 25.8 Å². The zero-order chi connectivity index (χ0) is 18.2. The molecule has 0 aromatic heterocycles. The van der Waals surface area contributed by atoms with E-state index in [0.29, 0.717) is 41.3 Å². The number of rotatable bonds is 8. The molecule has 6 nitrogen and oxygen atoms in total. The second-order valence-corrected chi connectivity index (χ2v) is 6.39. The average Bonchev–Trinajstić information content (AvgIpc) is 2.60. The number of hydrogen-bond donors (Lipinski definition) is 3. The SMILES string of the molecule is C=C(N)C1=CN=C(Oc2ccc(CNCCC(C)C)cc2OC)CN1. The maximum Gasteiger partial charge on any atom is 0.214 e. The molecule has 1 aliphatic heterocycles. The van der Waals surface area contributed by atoms with E-state index in [0.717, 1.165) is 25.1 Å². The summed E-state index contributed by atoms with van der Waals surface area (Å²) in [7, 11) is 1.63. The van der Waals surface area contributed by atoms with Gasteiger partial charge in [-0.05, 0) is 36.6 Å². The van der Waals surface area contributed by atoms with Crippen LogP contribution in [0.5, 0.6) is 11.5 Å². The summed E-state index contributed by atoms with van der Waals surface area (Å²) < 4.78 is 11.3. The van der Waals surface area contributed by atoms with Gasteiger partial charge in [0.25, 0.3) is 0 Å². The van der Waals surface area contributed by atoms with Gasteiger partial charge in [0.2, 0.25) is 5.90 Å². The predicted octanol–water partition coefficient (Wildman–Crippen LogP) is 2.53. The van der Waals surface area contributed by atoms with Gasteiger partial charge in [0.15, 0.2) is 11.5 Å². The summed E-state index contributed by atoms with van der Waals surface area (Å²) in [6.45, 7) is 10.4. The Morgan fingerprint density at radius 3 is 2.80 bits per heavy atom. The lowest BCUT2D eigenvalue weighted by molar-refractivity contribution is 0.388. The minimum Gasteiger partial charge on any atom is -0.493 e. The van der Waals surface area contributed by atoms with E-state index in [1.165, 1.54) is 0 Å². The Bertz CT molecular complexity index is 665. The molecule has 1 aromatic carbocycles. The molecule has 1 aromatic rings.